The largest absolute Gasteiger partial charge is 0.481 e. The van der Waals surface area contributed by atoms with Crippen LogP contribution < -0.4 is 5.32 Å². The molecule has 0 spiro atoms. The van der Waals surface area contributed by atoms with Crippen molar-refractivity contribution >= 4 is 18.4 Å². The first-order chi connectivity index (χ1) is 4.72. The minimum Gasteiger partial charge on any atom is -0.481 e. The second-order valence-corrected chi connectivity index (χ2v) is 2.50. The summed E-state index contributed by atoms with van der Waals surface area (Å²) in [5, 5.41) is 20.5. The topological polar surface area (TPSA) is 69.6 Å². The predicted octanol–water partition coefficient (Wildman–Crippen LogP) is -0.537. The van der Waals surface area contributed by atoms with Gasteiger partial charge in [0.25, 0.3) is 0 Å². The molecule has 0 bridgehead atoms. The molecule has 2 atom stereocenters. The molecule has 2 unspecified atom stereocenters. The Bertz CT molecular complexity index is 142. The molecule has 0 aromatic rings. The zero-order valence-corrected chi connectivity index (χ0v) is 6.80. The van der Waals surface area contributed by atoms with Crippen molar-refractivity contribution in [3.63, 3.8) is 0 Å². The van der Waals surface area contributed by atoms with Gasteiger partial charge < -0.3 is 15.5 Å². The molecule has 3 N–H and O–H groups in total. The van der Waals surface area contributed by atoms with Crippen LogP contribution in [0, 0.1) is 5.92 Å². The van der Waals surface area contributed by atoms with Crippen molar-refractivity contribution in [2.75, 3.05) is 13.1 Å². The number of β-amino-alcohol motifs (C(OH)–C–C–N with tert-alkyl or cyclic N) is 1. The van der Waals surface area contributed by atoms with E-state index in [2.05, 4.69) is 5.32 Å². The number of carbonyl (C=O) groups is 1. The van der Waals surface area contributed by atoms with Crippen molar-refractivity contribution < 1.29 is 15.0 Å². The first-order valence-electron chi connectivity index (χ1n) is 3.33. The Labute approximate surface area is 71.0 Å². The van der Waals surface area contributed by atoms with Crippen LogP contribution in [0.4, 0.5) is 0 Å². The van der Waals surface area contributed by atoms with Crippen LogP contribution in [0.1, 0.15) is 6.42 Å². The van der Waals surface area contributed by atoms with Gasteiger partial charge in [-0.3, -0.25) is 4.79 Å². The molecule has 0 aromatic carbocycles. The highest BCUT2D eigenvalue weighted by atomic mass is 35.5. The number of rotatable bonds is 1. The van der Waals surface area contributed by atoms with Crippen LogP contribution in [0.2, 0.25) is 0 Å². The number of hydrogen-bond acceptors (Lipinski definition) is 3. The number of aliphatic hydroxyl groups excluding tert-OH is 1. The number of carboxylic acid groups (broad SMARTS) is 1. The molecule has 1 rings (SSSR count). The maximum Gasteiger partial charge on any atom is 0.309 e. The molecule has 1 fully saturated rings. The number of aliphatic hydroxyl groups is 1. The zero-order valence-electron chi connectivity index (χ0n) is 5.99. The maximum absolute atomic E-state index is 10.4. The lowest BCUT2D eigenvalue weighted by Gasteiger charge is -2.24. The summed E-state index contributed by atoms with van der Waals surface area (Å²) in [6, 6.07) is 0. The van der Waals surface area contributed by atoms with Gasteiger partial charge in [0.2, 0.25) is 0 Å². The average Bonchev–Trinajstić information content (AvgIpc) is 1.88. The van der Waals surface area contributed by atoms with Gasteiger partial charge in [-0.1, -0.05) is 0 Å². The summed E-state index contributed by atoms with van der Waals surface area (Å²) in [6.45, 7) is 1.09. The Morgan fingerprint density at radius 3 is 2.55 bits per heavy atom. The molecule has 0 radical (unpaired) electrons. The summed E-state index contributed by atoms with van der Waals surface area (Å²) in [4.78, 5) is 10.4. The first-order valence-corrected chi connectivity index (χ1v) is 3.33. The molecule has 1 aliphatic rings. The summed E-state index contributed by atoms with van der Waals surface area (Å²) in [6.07, 6.45) is -0.192. The Kier molecular flexibility index (Phi) is 4.40. The fraction of sp³-hybridized carbons (Fsp3) is 0.833. The maximum atomic E-state index is 10.4. The van der Waals surface area contributed by atoms with Crippen LogP contribution in [-0.2, 0) is 4.79 Å². The van der Waals surface area contributed by atoms with Crippen LogP contribution in [-0.4, -0.2) is 35.4 Å². The monoisotopic (exact) mass is 181 g/mol. The van der Waals surface area contributed by atoms with E-state index in [4.69, 9.17) is 10.2 Å². The van der Waals surface area contributed by atoms with Crippen molar-refractivity contribution in [3.8, 4) is 0 Å². The average molecular weight is 182 g/mol. The standard InChI is InChI=1S/C6H11NO3.ClH/c8-5-3-7-2-1-4(5)6(9)10;/h4-5,7-8H,1-3H2,(H,9,10);1H. The number of hydrogen-bond donors (Lipinski definition) is 3. The molecule has 1 heterocycles. The van der Waals surface area contributed by atoms with Crippen molar-refractivity contribution in [3.05, 3.63) is 0 Å². The SMILES string of the molecule is Cl.O=C(O)C1CCNCC1O. The van der Waals surface area contributed by atoms with E-state index in [0.717, 1.165) is 0 Å². The van der Waals surface area contributed by atoms with E-state index in [1.54, 1.807) is 0 Å². The lowest BCUT2D eigenvalue weighted by molar-refractivity contribution is -0.146. The number of nitrogens with one attached hydrogen (secondary N) is 1. The van der Waals surface area contributed by atoms with Gasteiger partial charge in [-0.15, -0.1) is 12.4 Å². The van der Waals surface area contributed by atoms with Crippen LogP contribution in [0.15, 0.2) is 0 Å². The molecule has 0 aromatic heterocycles. The second-order valence-electron chi connectivity index (χ2n) is 2.50. The van der Waals surface area contributed by atoms with Gasteiger partial charge in [0, 0.05) is 6.54 Å². The molecule has 5 heteroatoms. The molecular formula is C6H12ClNO3. The minimum absolute atomic E-state index is 0. The Morgan fingerprint density at radius 1 is 1.55 bits per heavy atom. The smallest absolute Gasteiger partial charge is 0.309 e. The first kappa shape index (κ1) is 10.7. The number of carboxylic acids is 1. The minimum atomic E-state index is -0.894. The number of aliphatic carboxylic acids is 1. The van der Waals surface area contributed by atoms with Crippen LogP contribution in [0.5, 0.6) is 0 Å². The van der Waals surface area contributed by atoms with E-state index in [9.17, 15) is 4.79 Å². The third-order valence-electron chi connectivity index (χ3n) is 1.77. The molecule has 11 heavy (non-hydrogen) atoms. The fourth-order valence-corrected chi connectivity index (χ4v) is 1.13. The van der Waals surface area contributed by atoms with Crippen molar-refractivity contribution in [2.45, 2.75) is 12.5 Å². The van der Waals surface area contributed by atoms with E-state index < -0.39 is 18.0 Å². The quantitative estimate of drug-likeness (QED) is 0.509. The van der Waals surface area contributed by atoms with Crippen molar-refractivity contribution in [2.24, 2.45) is 5.92 Å². The fourth-order valence-electron chi connectivity index (χ4n) is 1.13. The van der Waals surface area contributed by atoms with Gasteiger partial charge in [-0.2, -0.15) is 0 Å². The van der Waals surface area contributed by atoms with E-state index in [-0.39, 0.29) is 12.4 Å². The molecule has 4 nitrogen and oxygen atoms in total. The van der Waals surface area contributed by atoms with Gasteiger partial charge in [-0.05, 0) is 13.0 Å². The summed E-state index contributed by atoms with van der Waals surface area (Å²) in [5.74, 6) is -1.46. The van der Waals surface area contributed by atoms with Gasteiger partial charge in [0.1, 0.15) is 0 Å². The molecular weight excluding hydrogens is 170 g/mol. The Balaban J connectivity index is 0.000001000. The van der Waals surface area contributed by atoms with E-state index in [0.29, 0.717) is 19.5 Å². The van der Waals surface area contributed by atoms with Gasteiger partial charge in [0.05, 0.1) is 12.0 Å². The zero-order chi connectivity index (χ0) is 7.56. The lowest BCUT2D eigenvalue weighted by atomic mass is 9.96. The molecule has 0 aliphatic carbocycles. The van der Waals surface area contributed by atoms with Crippen LogP contribution in [0.25, 0.3) is 0 Å². The lowest BCUT2D eigenvalue weighted by Crippen LogP contribution is -2.43. The molecule has 0 saturated carbocycles. The highest BCUT2D eigenvalue weighted by Gasteiger charge is 2.28. The van der Waals surface area contributed by atoms with Gasteiger partial charge in [0.15, 0.2) is 0 Å². The highest BCUT2D eigenvalue weighted by Crippen LogP contribution is 2.11. The summed E-state index contributed by atoms with van der Waals surface area (Å²) in [5.41, 5.74) is 0. The van der Waals surface area contributed by atoms with E-state index in [1.807, 2.05) is 0 Å². The number of piperidine rings is 1. The third kappa shape index (κ3) is 2.65. The van der Waals surface area contributed by atoms with Crippen LogP contribution >= 0.6 is 12.4 Å². The summed E-state index contributed by atoms with van der Waals surface area (Å²) < 4.78 is 0. The Morgan fingerprint density at radius 2 is 2.18 bits per heavy atom. The number of halogens is 1. The van der Waals surface area contributed by atoms with Gasteiger partial charge in [-0.25, -0.2) is 0 Å². The summed E-state index contributed by atoms with van der Waals surface area (Å²) >= 11 is 0. The van der Waals surface area contributed by atoms with Crippen LogP contribution in [0.3, 0.4) is 0 Å². The second kappa shape index (κ2) is 4.54. The molecule has 1 aliphatic heterocycles. The van der Waals surface area contributed by atoms with Crippen molar-refractivity contribution in [1.82, 2.24) is 5.32 Å². The Hall–Kier alpha value is -0.320. The van der Waals surface area contributed by atoms with Crippen molar-refractivity contribution in [1.29, 1.82) is 0 Å². The predicted molar refractivity (Wildman–Crippen MR) is 41.9 cm³/mol. The van der Waals surface area contributed by atoms with E-state index in [1.165, 1.54) is 0 Å². The third-order valence-corrected chi connectivity index (χ3v) is 1.77. The molecule has 0 amide bonds. The highest BCUT2D eigenvalue weighted by molar-refractivity contribution is 5.85. The molecule has 1 saturated heterocycles. The van der Waals surface area contributed by atoms with Gasteiger partial charge >= 0.3 is 5.97 Å². The van der Waals surface area contributed by atoms with E-state index >= 15 is 0 Å². The summed E-state index contributed by atoms with van der Waals surface area (Å²) in [7, 11) is 0. The normalized spacial score (nSPS) is 30.6. The molecule has 66 valence electrons.